The summed E-state index contributed by atoms with van der Waals surface area (Å²) in [5, 5.41) is 9.66. The molecular weight excluding hydrogens is 320 g/mol. The Morgan fingerprint density at radius 3 is 2.72 bits per heavy atom. The normalized spacial score (nSPS) is 24.0. The van der Waals surface area contributed by atoms with E-state index in [0.29, 0.717) is 39.0 Å². The van der Waals surface area contributed by atoms with Gasteiger partial charge >= 0.3 is 0 Å². The smallest absolute Gasteiger partial charge is 0.223 e. The zero-order valence-corrected chi connectivity index (χ0v) is 14.5. The molecule has 1 aromatic rings. The molecule has 6 nitrogen and oxygen atoms in total. The van der Waals surface area contributed by atoms with Gasteiger partial charge in [0.15, 0.2) is 0 Å². The van der Waals surface area contributed by atoms with Crippen LogP contribution in [0, 0.1) is 0 Å². The van der Waals surface area contributed by atoms with Crippen LogP contribution in [0.25, 0.3) is 0 Å². The van der Waals surface area contributed by atoms with Gasteiger partial charge in [-0.2, -0.15) is 0 Å². The third-order valence-corrected chi connectivity index (χ3v) is 4.98. The van der Waals surface area contributed by atoms with E-state index in [-0.39, 0.29) is 24.5 Å². The molecule has 0 aliphatic carbocycles. The molecule has 136 valence electrons. The van der Waals surface area contributed by atoms with E-state index in [1.807, 2.05) is 40.1 Å². The Kier molecular flexibility index (Phi) is 6.04. The number of benzene rings is 1. The number of nitrogens with zero attached hydrogens (tertiary/aromatic N) is 2. The molecule has 2 aliphatic heterocycles. The number of amides is 2. The Balaban J connectivity index is 1.63. The van der Waals surface area contributed by atoms with Crippen LogP contribution < -0.4 is 0 Å². The average molecular weight is 346 g/mol. The van der Waals surface area contributed by atoms with Crippen molar-refractivity contribution < 1.29 is 19.4 Å². The predicted octanol–water partition coefficient (Wildman–Crippen LogP) is 1.35. The summed E-state index contributed by atoms with van der Waals surface area (Å²) in [6, 6.07) is 9.46. The van der Waals surface area contributed by atoms with Crippen molar-refractivity contribution in [1.82, 2.24) is 9.80 Å². The van der Waals surface area contributed by atoms with Crippen LogP contribution in [0.1, 0.15) is 37.3 Å². The van der Waals surface area contributed by atoms with Gasteiger partial charge < -0.3 is 19.6 Å². The van der Waals surface area contributed by atoms with Gasteiger partial charge in [0, 0.05) is 32.5 Å². The lowest BCUT2D eigenvalue weighted by atomic mass is 9.98. The van der Waals surface area contributed by atoms with Gasteiger partial charge in [-0.15, -0.1) is 0 Å². The summed E-state index contributed by atoms with van der Waals surface area (Å²) in [6.07, 6.45) is 2.23. The van der Waals surface area contributed by atoms with Crippen molar-refractivity contribution in [2.75, 3.05) is 32.8 Å². The van der Waals surface area contributed by atoms with Crippen LogP contribution in [0.15, 0.2) is 30.3 Å². The summed E-state index contributed by atoms with van der Waals surface area (Å²) in [6.45, 7) is 2.30. The van der Waals surface area contributed by atoms with Gasteiger partial charge in [-0.05, 0) is 18.4 Å². The van der Waals surface area contributed by atoms with E-state index in [1.54, 1.807) is 0 Å². The van der Waals surface area contributed by atoms with Crippen molar-refractivity contribution >= 4 is 11.8 Å². The van der Waals surface area contributed by atoms with Crippen LogP contribution in [0.2, 0.25) is 0 Å². The summed E-state index contributed by atoms with van der Waals surface area (Å²) in [5.41, 5.74) is 0.976. The molecule has 2 heterocycles. The maximum atomic E-state index is 12.8. The molecule has 0 radical (unpaired) electrons. The molecule has 0 saturated carbocycles. The van der Waals surface area contributed by atoms with Crippen molar-refractivity contribution in [3.8, 4) is 0 Å². The molecule has 2 aliphatic rings. The fourth-order valence-corrected chi connectivity index (χ4v) is 3.72. The highest BCUT2D eigenvalue weighted by atomic mass is 16.5. The maximum absolute atomic E-state index is 12.8. The zero-order valence-electron chi connectivity index (χ0n) is 14.5. The lowest BCUT2D eigenvalue weighted by molar-refractivity contribution is -0.150. The van der Waals surface area contributed by atoms with Gasteiger partial charge in [-0.25, -0.2) is 0 Å². The number of carbonyl (C=O) groups is 2. The van der Waals surface area contributed by atoms with E-state index >= 15 is 0 Å². The molecule has 6 heteroatoms. The molecule has 2 saturated heterocycles. The number of aliphatic hydroxyl groups is 1. The van der Waals surface area contributed by atoms with Gasteiger partial charge in [0.25, 0.3) is 0 Å². The largest absolute Gasteiger partial charge is 0.394 e. The molecule has 1 N–H and O–H groups in total. The molecule has 2 amide bonds. The molecule has 2 fully saturated rings. The van der Waals surface area contributed by atoms with Crippen molar-refractivity contribution in [2.45, 2.75) is 37.8 Å². The van der Waals surface area contributed by atoms with Gasteiger partial charge in [-0.3, -0.25) is 9.59 Å². The minimum atomic E-state index is -0.403. The first kappa shape index (κ1) is 17.9. The summed E-state index contributed by atoms with van der Waals surface area (Å²) in [4.78, 5) is 28.1. The number of likely N-dealkylation sites (tertiary alicyclic amines) is 1. The van der Waals surface area contributed by atoms with Crippen LogP contribution in [0.4, 0.5) is 0 Å². The Hall–Kier alpha value is -1.92. The standard InChI is InChI=1S/C19H26N2O4/c22-14-16-19(15-6-2-1-3-7-15)21(12-13-25-16)18(24)9-5-11-20-10-4-8-17(20)23/h1-3,6-7,16,19,22H,4-5,8-14H2/t16-,19-/m1/s1. The second kappa shape index (κ2) is 8.45. The number of aliphatic hydroxyl groups excluding tert-OH is 1. The average Bonchev–Trinajstić information content (AvgIpc) is 3.06. The number of morpholine rings is 1. The fraction of sp³-hybridized carbons (Fsp3) is 0.579. The van der Waals surface area contributed by atoms with Gasteiger partial charge in [0.1, 0.15) is 6.10 Å². The Morgan fingerprint density at radius 2 is 2.04 bits per heavy atom. The van der Waals surface area contributed by atoms with Crippen LogP contribution in [-0.2, 0) is 14.3 Å². The molecule has 0 spiro atoms. The molecule has 2 atom stereocenters. The SMILES string of the molecule is O=C1CCCN1CCCC(=O)N1CCO[C@H](CO)[C@H]1c1ccccc1. The molecule has 0 bridgehead atoms. The highest BCUT2D eigenvalue weighted by molar-refractivity contribution is 5.78. The van der Waals surface area contributed by atoms with Gasteiger partial charge in [0.05, 0.1) is 19.3 Å². The Bertz CT molecular complexity index is 592. The summed E-state index contributed by atoms with van der Waals surface area (Å²) in [7, 11) is 0. The van der Waals surface area contributed by atoms with Gasteiger partial charge in [-0.1, -0.05) is 30.3 Å². The van der Waals surface area contributed by atoms with E-state index in [2.05, 4.69) is 0 Å². The van der Waals surface area contributed by atoms with Gasteiger partial charge in [0.2, 0.25) is 11.8 Å². The maximum Gasteiger partial charge on any atom is 0.223 e. The minimum absolute atomic E-state index is 0.0576. The Labute approximate surface area is 148 Å². The summed E-state index contributed by atoms with van der Waals surface area (Å²) in [5.74, 6) is 0.253. The first-order chi connectivity index (χ1) is 12.2. The second-order valence-corrected chi connectivity index (χ2v) is 6.62. The van der Waals surface area contributed by atoms with E-state index in [9.17, 15) is 14.7 Å². The van der Waals surface area contributed by atoms with Crippen LogP contribution in [0.3, 0.4) is 0 Å². The molecular formula is C19H26N2O4. The number of hydrogen-bond donors (Lipinski definition) is 1. The quantitative estimate of drug-likeness (QED) is 0.844. The topological polar surface area (TPSA) is 70.1 Å². The lowest BCUT2D eigenvalue weighted by Gasteiger charge is -2.41. The Morgan fingerprint density at radius 1 is 1.24 bits per heavy atom. The zero-order chi connectivity index (χ0) is 17.6. The highest BCUT2D eigenvalue weighted by Crippen LogP contribution is 2.30. The van der Waals surface area contributed by atoms with Crippen molar-refractivity contribution in [3.63, 3.8) is 0 Å². The third-order valence-electron chi connectivity index (χ3n) is 4.98. The van der Waals surface area contributed by atoms with E-state index in [1.165, 1.54) is 0 Å². The number of ether oxygens (including phenoxy) is 1. The summed E-state index contributed by atoms with van der Waals surface area (Å²) >= 11 is 0. The van der Waals surface area contributed by atoms with Crippen LogP contribution >= 0.6 is 0 Å². The van der Waals surface area contributed by atoms with Crippen LogP contribution in [-0.4, -0.2) is 65.7 Å². The van der Waals surface area contributed by atoms with Crippen molar-refractivity contribution in [3.05, 3.63) is 35.9 Å². The van der Waals surface area contributed by atoms with Crippen LogP contribution in [0.5, 0.6) is 0 Å². The first-order valence-corrected chi connectivity index (χ1v) is 9.05. The molecule has 0 unspecified atom stereocenters. The fourth-order valence-electron chi connectivity index (χ4n) is 3.72. The molecule has 25 heavy (non-hydrogen) atoms. The molecule has 3 rings (SSSR count). The molecule has 1 aromatic carbocycles. The lowest BCUT2D eigenvalue weighted by Crippen LogP contribution is -2.49. The third kappa shape index (κ3) is 4.19. The van der Waals surface area contributed by atoms with E-state index < -0.39 is 6.10 Å². The van der Waals surface area contributed by atoms with E-state index in [0.717, 1.165) is 18.5 Å². The van der Waals surface area contributed by atoms with E-state index in [4.69, 9.17) is 4.74 Å². The van der Waals surface area contributed by atoms with Crippen molar-refractivity contribution in [1.29, 1.82) is 0 Å². The first-order valence-electron chi connectivity index (χ1n) is 9.05. The van der Waals surface area contributed by atoms with Crippen molar-refractivity contribution in [2.24, 2.45) is 0 Å². The monoisotopic (exact) mass is 346 g/mol. The predicted molar refractivity (Wildman–Crippen MR) is 92.8 cm³/mol. The number of hydrogen-bond acceptors (Lipinski definition) is 4. The highest BCUT2D eigenvalue weighted by Gasteiger charge is 2.35. The minimum Gasteiger partial charge on any atom is -0.394 e. The second-order valence-electron chi connectivity index (χ2n) is 6.62. The number of carbonyl (C=O) groups excluding carboxylic acids is 2. The summed E-state index contributed by atoms with van der Waals surface area (Å²) < 4.78 is 5.68. The molecule has 0 aromatic heterocycles. The number of rotatable bonds is 6.